The van der Waals surface area contributed by atoms with Gasteiger partial charge in [-0.2, -0.15) is 26.3 Å². The smallest absolute Gasteiger partial charge is 0.416 e. The van der Waals surface area contributed by atoms with Gasteiger partial charge in [-0.1, -0.05) is 18.2 Å². The van der Waals surface area contributed by atoms with Gasteiger partial charge < -0.3 is 15.0 Å². The van der Waals surface area contributed by atoms with Crippen molar-refractivity contribution in [2.45, 2.75) is 38.3 Å². The van der Waals surface area contributed by atoms with E-state index in [9.17, 15) is 31.1 Å². The van der Waals surface area contributed by atoms with Crippen molar-refractivity contribution >= 4 is 11.6 Å². The topological polar surface area (TPSA) is 41.6 Å². The van der Waals surface area contributed by atoms with Crippen molar-refractivity contribution < 1.29 is 35.9 Å². The Labute approximate surface area is 174 Å². The number of ether oxygens (including phenoxy) is 1. The van der Waals surface area contributed by atoms with Gasteiger partial charge in [0.25, 0.3) is 5.91 Å². The predicted molar refractivity (Wildman–Crippen MR) is 102 cm³/mol. The van der Waals surface area contributed by atoms with Gasteiger partial charge in [-0.25, -0.2) is 0 Å². The lowest BCUT2D eigenvalue weighted by Crippen LogP contribution is -2.44. The van der Waals surface area contributed by atoms with E-state index >= 15 is 0 Å². The van der Waals surface area contributed by atoms with Crippen LogP contribution in [0.2, 0.25) is 0 Å². The number of alkyl halides is 6. The maximum Gasteiger partial charge on any atom is 0.416 e. The van der Waals surface area contributed by atoms with Crippen LogP contribution in [0.1, 0.15) is 36.6 Å². The van der Waals surface area contributed by atoms with Gasteiger partial charge >= 0.3 is 12.4 Å². The summed E-state index contributed by atoms with van der Waals surface area (Å²) in [5, 5.41) is 2.68. The molecule has 168 valence electrons. The molecule has 0 bridgehead atoms. The molecule has 0 fully saturated rings. The molecular formula is C21H20F6N2O2. The molecule has 1 N–H and O–H groups in total. The Hall–Kier alpha value is -2.91. The number of carbonyl (C=O) groups is 1. The Morgan fingerprint density at radius 2 is 1.52 bits per heavy atom. The molecule has 2 aromatic carbocycles. The first-order valence-electron chi connectivity index (χ1n) is 9.56. The van der Waals surface area contributed by atoms with Gasteiger partial charge in [0.1, 0.15) is 11.8 Å². The van der Waals surface area contributed by atoms with E-state index in [0.29, 0.717) is 36.5 Å². The second kappa shape index (κ2) is 8.32. The van der Waals surface area contributed by atoms with Crippen molar-refractivity contribution in [3.05, 3.63) is 59.2 Å². The number of halogens is 6. The third-order valence-electron chi connectivity index (χ3n) is 5.04. The lowest BCUT2D eigenvalue weighted by Gasteiger charge is -2.27. The average Bonchev–Trinajstić information content (AvgIpc) is 3.06. The molecule has 0 saturated heterocycles. The first-order valence-corrected chi connectivity index (χ1v) is 9.56. The summed E-state index contributed by atoms with van der Waals surface area (Å²) in [6, 6.07) is 6.79. The van der Waals surface area contributed by atoms with Gasteiger partial charge in [0.15, 0.2) is 0 Å². The minimum absolute atomic E-state index is 0.0583. The van der Waals surface area contributed by atoms with Crippen LogP contribution in [0.15, 0.2) is 42.5 Å². The van der Waals surface area contributed by atoms with Gasteiger partial charge in [0.05, 0.1) is 11.1 Å². The number of para-hydroxylation sites is 1. The number of nitrogens with one attached hydrogen (secondary N) is 1. The Morgan fingerprint density at radius 1 is 0.968 bits per heavy atom. The van der Waals surface area contributed by atoms with Crippen LogP contribution in [-0.4, -0.2) is 30.0 Å². The monoisotopic (exact) mass is 446 g/mol. The molecule has 0 saturated carbocycles. The van der Waals surface area contributed by atoms with E-state index in [4.69, 9.17) is 4.74 Å². The van der Waals surface area contributed by atoms with Gasteiger partial charge in [-0.3, -0.25) is 4.79 Å². The Morgan fingerprint density at radius 3 is 2.03 bits per heavy atom. The van der Waals surface area contributed by atoms with Crippen molar-refractivity contribution in [2.75, 3.05) is 18.4 Å². The van der Waals surface area contributed by atoms with Crippen LogP contribution in [0.25, 0.3) is 0 Å². The minimum Gasteiger partial charge on any atom is -0.478 e. The third-order valence-corrected chi connectivity index (χ3v) is 5.04. The van der Waals surface area contributed by atoms with Crippen LogP contribution in [0.5, 0.6) is 5.75 Å². The highest BCUT2D eigenvalue weighted by Crippen LogP contribution is 2.42. The maximum absolute atomic E-state index is 13.2. The number of carbonyl (C=O) groups excluding carboxylic acids is 1. The Kier molecular flexibility index (Phi) is 6.11. The normalized spacial score (nSPS) is 18.3. The highest BCUT2D eigenvalue weighted by Gasteiger charge is 2.42. The van der Waals surface area contributed by atoms with Crippen LogP contribution in [0.3, 0.4) is 0 Å². The number of likely N-dealkylation sites (N-methyl/N-ethyl adjacent to an activating group) is 1. The van der Waals surface area contributed by atoms with Crippen molar-refractivity contribution in [3.63, 3.8) is 0 Å². The largest absolute Gasteiger partial charge is 0.478 e. The summed E-state index contributed by atoms with van der Waals surface area (Å²) in [6.45, 7) is 4.27. The third kappa shape index (κ3) is 4.72. The molecule has 10 heteroatoms. The molecule has 1 amide bonds. The molecule has 1 aliphatic heterocycles. The Bertz CT molecular complexity index is 921. The van der Waals surface area contributed by atoms with Gasteiger partial charge in [0.2, 0.25) is 6.10 Å². The van der Waals surface area contributed by atoms with E-state index in [2.05, 4.69) is 5.32 Å². The fourth-order valence-electron chi connectivity index (χ4n) is 3.49. The molecule has 2 atom stereocenters. The fraction of sp³-hybridized carbons (Fsp3) is 0.381. The van der Waals surface area contributed by atoms with E-state index in [-0.39, 0.29) is 6.07 Å². The molecular weight excluding hydrogens is 426 g/mol. The second-order valence-corrected chi connectivity index (χ2v) is 7.00. The number of hydrogen-bond acceptors (Lipinski definition) is 3. The minimum atomic E-state index is -4.97. The van der Waals surface area contributed by atoms with Crippen LogP contribution >= 0.6 is 0 Å². The van der Waals surface area contributed by atoms with Crippen LogP contribution in [0, 0.1) is 0 Å². The first kappa shape index (κ1) is 22.8. The van der Waals surface area contributed by atoms with Crippen molar-refractivity contribution in [1.82, 2.24) is 4.90 Å². The second-order valence-electron chi connectivity index (χ2n) is 7.00. The number of rotatable bonds is 5. The van der Waals surface area contributed by atoms with Crippen LogP contribution in [0.4, 0.5) is 32.0 Å². The number of anilines is 1. The van der Waals surface area contributed by atoms with Gasteiger partial charge in [0, 0.05) is 24.3 Å². The number of fused-ring (bicyclic) bond motifs is 1. The summed E-state index contributed by atoms with van der Waals surface area (Å²) in [5.41, 5.74) is -2.82. The molecule has 1 heterocycles. The molecule has 31 heavy (non-hydrogen) atoms. The molecule has 3 rings (SSSR count). The van der Waals surface area contributed by atoms with Gasteiger partial charge in [-0.05, 0) is 38.1 Å². The van der Waals surface area contributed by atoms with Crippen LogP contribution in [-0.2, 0) is 17.1 Å². The van der Waals surface area contributed by atoms with Crippen molar-refractivity contribution in [2.24, 2.45) is 0 Å². The fourth-order valence-corrected chi connectivity index (χ4v) is 3.49. The zero-order valence-corrected chi connectivity index (χ0v) is 16.6. The summed E-state index contributed by atoms with van der Waals surface area (Å²) in [4.78, 5) is 14.4. The number of hydrogen-bond donors (Lipinski definition) is 1. The predicted octanol–water partition coefficient (Wildman–Crippen LogP) is 5.51. The number of amides is 1. The molecule has 0 aromatic heterocycles. The Balaban J connectivity index is 2.04. The van der Waals surface area contributed by atoms with E-state index in [0.717, 1.165) is 0 Å². The van der Waals surface area contributed by atoms with E-state index in [1.54, 1.807) is 38.1 Å². The van der Waals surface area contributed by atoms with Crippen molar-refractivity contribution in [3.8, 4) is 5.75 Å². The quantitative estimate of drug-likeness (QED) is 0.617. The molecule has 0 spiro atoms. The maximum atomic E-state index is 13.2. The van der Waals surface area contributed by atoms with E-state index < -0.39 is 47.2 Å². The van der Waals surface area contributed by atoms with Crippen LogP contribution < -0.4 is 10.1 Å². The lowest BCUT2D eigenvalue weighted by molar-refractivity contribution is -0.143. The SMILES string of the molecule is CCN(CC)C(=O)[C@@H]1Oc2ccccc2[C@H]1Nc1cc(C(F)(F)F)cc(C(F)(F)F)c1. The van der Waals surface area contributed by atoms with E-state index in [1.807, 2.05) is 0 Å². The molecule has 4 nitrogen and oxygen atoms in total. The van der Waals surface area contributed by atoms with Gasteiger partial charge in [-0.15, -0.1) is 0 Å². The number of nitrogens with zero attached hydrogens (tertiary/aromatic N) is 1. The molecule has 0 unspecified atom stereocenters. The zero-order valence-electron chi connectivity index (χ0n) is 16.6. The molecule has 0 radical (unpaired) electrons. The lowest BCUT2D eigenvalue weighted by atomic mass is 10.0. The molecule has 1 aliphatic rings. The average molecular weight is 446 g/mol. The van der Waals surface area contributed by atoms with E-state index in [1.165, 1.54) is 4.90 Å². The molecule has 2 aromatic rings. The summed E-state index contributed by atoms with van der Waals surface area (Å²) in [7, 11) is 0. The summed E-state index contributed by atoms with van der Waals surface area (Å²) in [6.07, 6.45) is -11.1. The first-order chi connectivity index (χ1) is 14.5. The van der Waals surface area contributed by atoms with Crippen molar-refractivity contribution in [1.29, 1.82) is 0 Å². The summed E-state index contributed by atoms with van der Waals surface area (Å²) >= 11 is 0. The summed E-state index contributed by atoms with van der Waals surface area (Å²) in [5.74, 6) is -0.0738. The highest BCUT2D eigenvalue weighted by molar-refractivity contribution is 5.84. The number of benzene rings is 2. The zero-order chi connectivity index (χ0) is 23.0. The summed E-state index contributed by atoms with van der Waals surface area (Å²) < 4.78 is 85.0. The molecule has 0 aliphatic carbocycles. The standard InChI is InChI=1S/C21H20F6N2O2/c1-3-29(4-2)19(30)18-17(15-7-5-6-8-16(15)31-18)28-14-10-12(20(22,23)24)9-13(11-14)21(25,26)27/h5-11,17-18,28H,3-4H2,1-2H3/t17-,18-/m1/s1. The highest BCUT2D eigenvalue weighted by atomic mass is 19.4.